The summed E-state index contributed by atoms with van der Waals surface area (Å²) >= 11 is 0. The number of fused-ring (bicyclic) bond motifs is 1. The van der Waals surface area contributed by atoms with E-state index in [4.69, 9.17) is 0 Å². The molecule has 0 bridgehead atoms. The Kier molecular flexibility index (Phi) is 4.97. The number of benzene rings is 1. The van der Waals surface area contributed by atoms with Crippen LogP contribution in [-0.4, -0.2) is 15.9 Å². The summed E-state index contributed by atoms with van der Waals surface area (Å²) in [6, 6.07) is 4.74. The second kappa shape index (κ2) is 7.19. The van der Waals surface area contributed by atoms with Crippen LogP contribution in [0.15, 0.2) is 42.5 Å². The molecular formula is C19H18F3N3O. The molecule has 0 aliphatic heterocycles. The Bertz CT molecular complexity index is 861. The fourth-order valence-electron chi connectivity index (χ4n) is 2.78. The molecule has 0 fully saturated rings. The van der Waals surface area contributed by atoms with Crippen molar-refractivity contribution >= 4 is 11.5 Å². The molecule has 26 heavy (non-hydrogen) atoms. The molecule has 1 aromatic heterocycles. The SMILES string of the molecule is Cc1nc2c([nH]1)CCC=CC=C2C(=O)NCc1ccc(C(F)(F)F)cc1. The van der Waals surface area contributed by atoms with Gasteiger partial charge in [0.15, 0.2) is 0 Å². The highest BCUT2D eigenvalue weighted by atomic mass is 19.4. The van der Waals surface area contributed by atoms with E-state index in [9.17, 15) is 18.0 Å². The zero-order valence-electron chi connectivity index (χ0n) is 14.2. The van der Waals surface area contributed by atoms with Crippen LogP contribution in [-0.2, 0) is 23.9 Å². The number of carbonyl (C=O) groups excluding carboxylic acids is 1. The quantitative estimate of drug-likeness (QED) is 0.870. The summed E-state index contributed by atoms with van der Waals surface area (Å²) in [7, 11) is 0. The van der Waals surface area contributed by atoms with Gasteiger partial charge in [0, 0.05) is 12.2 Å². The Morgan fingerprint density at radius 2 is 2.00 bits per heavy atom. The number of aromatic nitrogens is 2. The maximum Gasteiger partial charge on any atom is 0.416 e. The fraction of sp³-hybridized carbons (Fsp3) is 0.263. The molecule has 0 unspecified atom stereocenters. The number of carbonyl (C=O) groups is 1. The second-order valence-corrected chi connectivity index (χ2v) is 6.07. The van der Waals surface area contributed by atoms with Gasteiger partial charge in [-0.25, -0.2) is 4.98 Å². The number of imidazole rings is 1. The number of alkyl halides is 3. The Labute approximate surface area is 148 Å². The molecule has 2 aromatic rings. The molecule has 0 saturated carbocycles. The first-order valence-electron chi connectivity index (χ1n) is 8.21. The Hall–Kier alpha value is -2.83. The predicted molar refractivity (Wildman–Crippen MR) is 92.1 cm³/mol. The van der Waals surface area contributed by atoms with Crippen molar-refractivity contribution in [2.24, 2.45) is 0 Å². The Morgan fingerprint density at radius 3 is 2.69 bits per heavy atom. The first kappa shape index (κ1) is 18.0. The van der Waals surface area contributed by atoms with Crippen molar-refractivity contribution in [3.8, 4) is 0 Å². The Balaban J connectivity index is 1.73. The van der Waals surface area contributed by atoms with Gasteiger partial charge in [0.1, 0.15) is 5.82 Å². The largest absolute Gasteiger partial charge is 0.416 e. The number of amides is 1. The van der Waals surface area contributed by atoms with Crippen LogP contribution in [0.25, 0.3) is 5.57 Å². The molecule has 0 saturated heterocycles. The van der Waals surface area contributed by atoms with E-state index < -0.39 is 11.7 Å². The van der Waals surface area contributed by atoms with Gasteiger partial charge in [-0.15, -0.1) is 0 Å². The Morgan fingerprint density at radius 1 is 1.27 bits per heavy atom. The van der Waals surface area contributed by atoms with Crippen LogP contribution < -0.4 is 5.32 Å². The molecule has 0 atom stereocenters. The van der Waals surface area contributed by atoms with Crippen molar-refractivity contribution in [1.82, 2.24) is 15.3 Å². The number of aryl methyl sites for hydroxylation is 2. The number of hydrogen-bond donors (Lipinski definition) is 2. The summed E-state index contributed by atoms with van der Waals surface area (Å²) in [5.74, 6) is 0.419. The minimum atomic E-state index is -4.37. The minimum Gasteiger partial charge on any atom is -0.348 e. The van der Waals surface area contributed by atoms with Crippen molar-refractivity contribution in [1.29, 1.82) is 0 Å². The van der Waals surface area contributed by atoms with Crippen molar-refractivity contribution in [2.75, 3.05) is 0 Å². The van der Waals surface area contributed by atoms with Gasteiger partial charge in [-0.05, 0) is 43.5 Å². The van der Waals surface area contributed by atoms with Gasteiger partial charge >= 0.3 is 6.18 Å². The van der Waals surface area contributed by atoms with E-state index >= 15 is 0 Å². The molecule has 1 aliphatic carbocycles. The van der Waals surface area contributed by atoms with Crippen molar-refractivity contribution in [2.45, 2.75) is 32.5 Å². The topological polar surface area (TPSA) is 57.8 Å². The molecule has 7 heteroatoms. The average molecular weight is 361 g/mol. The lowest BCUT2D eigenvalue weighted by atomic mass is 10.0. The molecular weight excluding hydrogens is 343 g/mol. The summed E-state index contributed by atoms with van der Waals surface area (Å²) in [5, 5.41) is 2.75. The van der Waals surface area contributed by atoms with Gasteiger partial charge in [-0.3, -0.25) is 4.79 Å². The third kappa shape index (κ3) is 4.04. The normalized spacial score (nSPS) is 14.2. The van der Waals surface area contributed by atoms with E-state index in [1.165, 1.54) is 12.1 Å². The second-order valence-electron chi connectivity index (χ2n) is 6.07. The lowest BCUT2D eigenvalue weighted by Gasteiger charge is -2.11. The van der Waals surface area contributed by atoms with Crippen LogP contribution in [0.1, 0.15) is 34.8 Å². The summed E-state index contributed by atoms with van der Waals surface area (Å²) in [6.45, 7) is 1.97. The lowest BCUT2D eigenvalue weighted by molar-refractivity contribution is -0.137. The number of H-pyrrole nitrogens is 1. The molecule has 1 amide bonds. The predicted octanol–water partition coefficient (Wildman–Crippen LogP) is 3.94. The van der Waals surface area contributed by atoms with E-state index in [-0.39, 0.29) is 12.5 Å². The molecule has 3 rings (SSSR count). The first-order chi connectivity index (χ1) is 12.3. The number of aromatic amines is 1. The first-order valence-corrected chi connectivity index (χ1v) is 8.21. The highest BCUT2D eigenvalue weighted by Gasteiger charge is 2.30. The van der Waals surface area contributed by atoms with Gasteiger partial charge in [0.25, 0.3) is 5.91 Å². The van der Waals surface area contributed by atoms with Crippen molar-refractivity contribution in [3.63, 3.8) is 0 Å². The number of rotatable bonds is 3. The van der Waals surface area contributed by atoms with Crippen LogP contribution >= 0.6 is 0 Å². The monoisotopic (exact) mass is 361 g/mol. The highest BCUT2D eigenvalue weighted by molar-refractivity contribution is 6.19. The summed E-state index contributed by atoms with van der Waals surface area (Å²) in [5.41, 5.74) is 1.84. The third-order valence-electron chi connectivity index (χ3n) is 4.09. The number of nitrogens with zero attached hydrogens (tertiary/aromatic N) is 1. The smallest absolute Gasteiger partial charge is 0.348 e. The summed E-state index contributed by atoms with van der Waals surface area (Å²) in [4.78, 5) is 20.2. The molecule has 2 N–H and O–H groups in total. The number of hydrogen-bond acceptors (Lipinski definition) is 2. The van der Waals surface area contributed by atoms with Crippen LogP contribution in [0.4, 0.5) is 13.2 Å². The van der Waals surface area contributed by atoms with Crippen molar-refractivity contribution in [3.05, 3.63) is 70.8 Å². The van der Waals surface area contributed by atoms with Gasteiger partial charge < -0.3 is 10.3 Å². The molecule has 1 aliphatic rings. The van der Waals surface area contributed by atoms with Crippen LogP contribution in [0, 0.1) is 6.92 Å². The molecule has 4 nitrogen and oxygen atoms in total. The molecule has 0 radical (unpaired) electrons. The number of nitrogens with one attached hydrogen (secondary N) is 2. The molecule has 1 heterocycles. The van der Waals surface area contributed by atoms with E-state index in [1.807, 2.05) is 19.1 Å². The maximum atomic E-state index is 12.6. The maximum absolute atomic E-state index is 12.6. The fourth-order valence-corrected chi connectivity index (χ4v) is 2.78. The standard InChI is InChI=1S/C19H18F3N3O/c1-12-24-16-6-4-2-3-5-15(17(16)25-12)18(26)23-11-13-7-9-14(10-8-13)19(20,21)22/h2-3,5,7-10H,4,6,11H2,1H3,(H,23,26)(H,24,25). The zero-order valence-corrected chi connectivity index (χ0v) is 14.2. The van der Waals surface area contributed by atoms with Crippen LogP contribution in [0.2, 0.25) is 0 Å². The molecule has 0 spiro atoms. The van der Waals surface area contributed by atoms with Crippen molar-refractivity contribution < 1.29 is 18.0 Å². The number of allylic oxidation sites excluding steroid dienone is 3. The van der Waals surface area contributed by atoms with Crippen LogP contribution in [0.3, 0.4) is 0 Å². The number of halogens is 3. The highest BCUT2D eigenvalue weighted by Crippen LogP contribution is 2.29. The van der Waals surface area contributed by atoms with Gasteiger partial charge in [-0.1, -0.05) is 24.3 Å². The molecule has 136 valence electrons. The van der Waals surface area contributed by atoms with Gasteiger partial charge in [-0.2, -0.15) is 13.2 Å². The van der Waals surface area contributed by atoms with Gasteiger partial charge in [0.2, 0.25) is 0 Å². The summed E-state index contributed by atoms with van der Waals surface area (Å²) in [6.07, 6.45) is 2.75. The summed E-state index contributed by atoms with van der Waals surface area (Å²) < 4.78 is 37.8. The van der Waals surface area contributed by atoms with E-state index in [0.29, 0.717) is 16.8 Å². The van der Waals surface area contributed by atoms with E-state index in [1.54, 1.807) is 6.08 Å². The molecule has 1 aromatic carbocycles. The van der Waals surface area contributed by atoms with Gasteiger partial charge in [0.05, 0.1) is 16.8 Å². The minimum absolute atomic E-state index is 0.136. The van der Waals surface area contributed by atoms with Crippen LogP contribution in [0.5, 0.6) is 0 Å². The van der Waals surface area contributed by atoms with E-state index in [0.717, 1.165) is 36.5 Å². The third-order valence-corrected chi connectivity index (χ3v) is 4.09. The zero-order chi connectivity index (χ0) is 18.7. The average Bonchev–Trinajstić information content (AvgIpc) is 2.92. The lowest BCUT2D eigenvalue weighted by Crippen LogP contribution is -2.24. The van der Waals surface area contributed by atoms with E-state index in [2.05, 4.69) is 15.3 Å².